The second-order valence-electron chi connectivity index (χ2n) is 13.3. The maximum Gasteiger partial charge on any atom is 0.323 e. The Morgan fingerprint density at radius 1 is 1.00 bits per heavy atom. The highest BCUT2D eigenvalue weighted by atomic mass is 16.7. The van der Waals surface area contributed by atoms with Crippen LogP contribution in [0.2, 0.25) is 0 Å². The molecule has 4 amide bonds. The third-order valence-electron chi connectivity index (χ3n) is 7.72. The summed E-state index contributed by atoms with van der Waals surface area (Å²) in [4.78, 5) is 83.2. The Morgan fingerprint density at radius 2 is 1.57 bits per heavy atom. The number of ether oxygens (including phenoxy) is 1. The lowest BCUT2D eigenvalue weighted by Gasteiger charge is -2.30. The third-order valence-corrected chi connectivity index (χ3v) is 7.72. The number of carbonyl (C=O) groups is 5. The van der Waals surface area contributed by atoms with Crippen molar-refractivity contribution in [2.75, 3.05) is 20.1 Å². The van der Waals surface area contributed by atoms with Crippen molar-refractivity contribution >= 4 is 46.3 Å². The number of hydrogen-bond acceptors (Lipinski definition) is 10. The maximum absolute atomic E-state index is 13.7. The van der Waals surface area contributed by atoms with Crippen molar-refractivity contribution in [1.29, 1.82) is 0 Å². The number of amides is 4. The Labute approximate surface area is 284 Å². The summed E-state index contributed by atoms with van der Waals surface area (Å²) in [5, 5.41) is 18.0. The monoisotopic (exact) mass is 682 g/mol. The van der Waals surface area contributed by atoms with Gasteiger partial charge in [0.25, 0.3) is 11.8 Å². The molecule has 0 aromatic heterocycles. The van der Waals surface area contributed by atoms with E-state index < -0.39 is 58.4 Å². The van der Waals surface area contributed by atoms with Crippen molar-refractivity contribution in [2.45, 2.75) is 84.0 Å². The predicted molar refractivity (Wildman–Crippen MR) is 182 cm³/mol. The largest absolute Gasteiger partial charge is 0.459 e. The number of nitrogens with zero attached hydrogens (tertiary/aromatic N) is 4. The number of imide groups is 1. The predicted octanol–water partition coefficient (Wildman–Crippen LogP) is 1.73. The van der Waals surface area contributed by atoms with Crippen LogP contribution in [0.1, 0.15) is 81.0 Å². The van der Waals surface area contributed by atoms with Crippen molar-refractivity contribution in [3.63, 3.8) is 0 Å². The first-order valence-corrected chi connectivity index (χ1v) is 16.0. The van der Waals surface area contributed by atoms with Crippen molar-refractivity contribution in [3.8, 4) is 0 Å². The molecule has 266 valence electrons. The molecule has 0 unspecified atom stereocenters. The fraction of sp³-hybridized carbons (Fsp3) is 0.515. The average Bonchev–Trinajstić information content (AvgIpc) is 3.24. The van der Waals surface area contributed by atoms with E-state index in [1.54, 1.807) is 32.9 Å². The quantitative estimate of drug-likeness (QED) is 0.0379. The van der Waals surface area contributed by atoms with Crippen molar-refractivity contribution in [2.24, 2.45) is 22.4 Å². The van der Waals surface area contributed by atoms with Crippen LogP contribution in [0.25, 0.3) is 10.8 Å². The lowest BCUT2D eigenvalue weighted by atomic mass is 10.00. The zero-order valence-corrected chi connectivity index (χ0v) is 28.7. The van der Waals surface area contributed by atoms with Gasteiger partial charge in [0.05, 0.1) is 24.2 Å². The molecule has 16 nitrogen and oxygen atoms in total. The molecular formula is C33H46N8O8. The summed E-state index contributed by atoms with van der Waals surface area (Å²) in [5.74, 6) is -3.61. The Balaban J connectivity index is 1.85. The number of nitrogens with one attached hydrogen (secondary N) is 2. The maximum atomic E-state index is 13.7. The van der Waals surface area contributed by atoms with Gasteiger partial charge < -0.3 is 21.5 Å². The van der Waals surface area contributed by atoms with Gasteiger partial charge in [-0.05, 0) is 75.3 Å². The van der Waals surface area contributed by atoms with Crippen LogP contribution < -0.4 is 22.1 Å². The minimum atomic E-state index is -1.30. The summed E-state index contributed by atoms with van der Waals surface area (Å²) in [6.07, 6.45) is 0.314. The number of fused-ring (bicyclic) bond motifs is 2. The Hall–Kier alpha value is -5.12. The minimum Gasteiger partial charge on any atom is -0.459 e. The summed E-state index contributed by atoms with van der Waals surface area (Å²) in [7, 11) is 0.974. The van der Waals surface area contributed by atoms with Crippen molar-refractivity contribution < 1.29 is 33.7 Å². The van der Waals surface area contributed by atoms with Crippen LogP contribution >= 0.6 is 0 Å². The number of guanidine groups is 1. The van der Waals surface area contributed by atoms with Gasteiger partial charge in [-0.15, -0.1) is 0 Å². The van der Waals surface area contributed by atoms with Crippen LogP contribution in [-0.4, -0.2) is 94.4 Å². The molecule has 0 bridgehead atoms. The molecule has 2 aromatic carbocycles. The van der Waals surface area contributed by atoms with Gasteiger partial charge in [0.15, 0.2) is 11.0 Å². The average molecular weight is 683 g/mol. The number of hydrazine groups is 1. The van der Waals surface area contributed by atoms with Gasteiger partial charge in [0, 0.05) is 13.1 Å². The first-order chi connectivity index (χ1) is 22.9. The summed E-state index contributed by atoms with van der Waals surface area (Å²) in [6.45, 7) is 8.71. The second kappa shape index (κ2) is 16.3. The molecule has 49 heavy (non-hydrogen) atoms. The number of benzene rings is 2. The zero-order valence-electron chi connectivity index (χ0n) is 28.7. The van der Waals surface area contributed by atoms with Gasteiger partial charge in [-0.25, -0.2) is 10.1 Å². The zero-order chi connectivity index (χ0) is 36.6. The molecular weight excluding hydrogens is 636 g/mol. The van der Waals surface area contributed by atoms with E-state index in [1.165, 1.54) is 0 Å². The van der Waals surface area contributed by atoms with Gasteiger partial charge in [-0.1, -0.05) is 43.1 Å². The molecule has 0 spiro atoms. The van der Waals surface area contributed by atoms with E-state index in [9.17, 15) is 34.1 Å². The molecule has 0 saturated heterocycles. The Morgan fingerprint density at radius 3 is 2.06 bits per heavy atom. The molecule has 1 heterocycles. The van der Waals surface area contributed by atoms with Crippen LogP contribution in [0, 0.1) is 16.0 Å². The summed E-state index contributed by atoms with van der Waals surface area (Å²) in [6, 6.07) is 7.16. The van der Waals surface area contributed by atoms with Gasteiger partial charge >= 0.3 is 11.9 Å². The number of nitro groups is 1. The van der Waals surface area contributed by atoms with Gasteiger partial charge in [-0.2, -0.15) is 0 Å². The van der Waals surface area contributed by atoms with Gasteiger partial charge in [0.1, 0.15) is 17.7 Å². The van der Waals surface area contributed by atoms with Crippen LogP contribution in [0.3, 0.4) is 0 Å². The lowest BCUT2D eigenvalue weighted by Crippen LogP contribution is -2.57. The first-order valence-electron chi connectivity index (χ1n) is 16.0. The van der Waals surface area contributed by atoms with E-state index in [0.29, 0.717) is 0 Å². The van der Waals surface area contributed by atoms with Gasteiger partial charge in [0.2, 0.25) is 5.91 Å². The molecule has 2 aromatic rings. The summed E-state index contributed by atoms with van der Waals surface area (Å²) < 4.78 is 5.64. The molecule has 3 rings (SSSR count). The smallest absolute Gasteiger partial charge is 0.323 e. The first kappa shape index (κ1) is 38.3. The second-order valence-corrected chi connectivity index (χ2v) is 13.3. The minimum absolute atomic E-state index is 0.0157. The highest BCUT2D eigenvalue weighted by Crippen LogP contribution is 2.28. The molecule has 1 aliphatic heterocycles. The van der Waals surface area contributed by atoms with Crippen molar-refractivity contribution in [1.82, 2.24) is 20.5 Å². The normalized spacial score (nSPS) is 14.6. The molecule has 0 fully saturated rings. The standard InChI is InChI=1S/C33H46N8O8/c1-19(2)16-26(27(42)38-24(12-9-14-36-32(34)35)30(45)39(6)41(47)48)37-25(31(46)49-33(3,4)5)13-15-40-28(43)22-17-20-10-7-8-11-21(20)18-23(22)29(40)44/h7-8,10-11,17-19,24-26,37H,9,12-16H2,1-6H3,(H,38,42)(H4,34,35,36)/t24-,25+,26-/m0/s1. The third kappa shape index (κ3) is 10.4. The van der Waals surface area contributed by atoms with E-state index in [2.05, 4.69) is 15.6 Å². The van der Waals surface area contributed by atoms with Crippen molar-refractivity contribution in [3.05, 3.63) is 57.6 Å². The number of carbonyl (C=O) groups excluding carboxylic acids is 5. The molecule has 6 N–H and O–H groups in total. The number of nitrogens with two attached hydrogens (primary N) is 2. The van der Waals surface area contributed by atoms with E-state index in [-0.39, 0.29) is 66.8 Å². The Kier molecular flexibility index (Phi) is 12.8. The molecule has 16 heteroatoms. The highest BCUT2D eigenvalue weighted by molar-refractivity contribution is 6.23. The summed E-state index contributed by atoms with van der Waals surface area (Å²) in [5.41, 5.74) is 10.3. The fourth-order valence-electron chi connectivity index (χ4n) is 5.38. The number of esters is 1. The molecule has 3 atom stereocenters. The van der Waals surface area contributed by atoms with Gasteiger partial charge in [-0.3, -0.25) is 39.2 Å². The lowest BCUT2D eigenvalue weighted by molar-refractivity contribution is -0.628. The molecule has 1 aliphatic rings. The van der Waals surface area contributed by atoms with Crippen LogP contribution in [-0.2, 0) is 19.1 Å². The van der Waals surface area contributed by atoms with E-state index in [0.717, 1.165) is 22.7 Å². The molecule has 0 saturated carbocycles. The van der Waals surface area contributed by atoms with Crippen LogP contribution in [0.4, 0.5) is 0 Å². The van der Waals surface area contributed by atoms with E-state index >= 15 is 0 Å². The number of rotatable bonds is 16. The molecule has 0 radical (unpaired) electrons. The number of likely N-dealkylation sites (N-methyl/N-ethyl adjacent to an activating group) is 1. The summed E-state index contributed by atoms with van der Waals surface area (Å²) >= 11 is 0. The van der Waals surface area contributed by atoms with E-state index in [4.69, 9.17) is 16.2 Å². The van der Waals surface area contributed by atoms with Crippen LogP contribution in [0.15, 0.2) is 41.4 Å². The van der Waals surface area contributed by atoms with E-state index in [1.807, 2.05) is 38.1 Å². The number of aliphatic imine (C=N–C) groups is 1. The fourth-order valence-corrected chi connectivity index (χ4v) is 5.38. The highest BCUT2D eigenvalue weighted by Gasteiger charge is 2.38. The Bertz CT molecular complexity index is 1560. The number of hydrogen-bond donors (Lipinski definition) is 4. The topological polar surface area (TPSA) is 233 Å². The SMILES string of the molecule is CC(C)C[C@H](N[C@H](CCN1C(=O)c2cc3ccccc3cc2C1=O)C(=O)OC(C)(C)C)C(=O)N[C@@H](CCCN=C(N)N)C(=O)N(C)[N+](=O)[O-]. The van der Waals surface area contributed by atoms with Crippen LogP contribution in [0.5, 0.6) is 0 Å². The molecule has 0 aliphatic carbocycles.